The van der Waals surface area contributed by atoms with Crippen LogP contribution in [0.4, 0.5) is 17.1 Å². The molecule has 0 amide bonds. The molecule has 0 bridgehead atoms. The Balaban J connectivity index is 1.14. The fraction of sp³-hybridized carbons (Fsp3) is 0. The Morgan fingerprint density at radius 3 is 1.53 bits per heavy atom. The number of nitrogens with zero attached hydrogens (tertiary/aromatic N) is 1. The van der Waals surface area contributed by atoms with Crippen LogP contribution in [0.2, 0.25) is 0 Å². The van der Waals surface area contributed by atoms with Gasteiger partial charge in [0.25, 0.3) is 0 Å². The number of fused-ring (bicyclic) bond motifs is 8. The molecule has 0 aliphatic rings. The predicted octanol–water partition coefficient (Wildman–Crippen LogP) is 15.1. The number of furan rings is 2. The van der Waals surface area contributed by atoms with Gasteiger partial charge in [0, 0.05) is 27.2 Å². The van der Waals surface area contributed by atoms with Crippen molar-refractivity contribution in [3.63, 3.8) is 0 Å². The third kappa shape index (κ3) is 5.13. The molecule has 0 unspecified atom stereocenters. The van der Waals surface area contributed by atoms with E-state index in [1.165, 1.54) is 22.3 Å². The Morgan fingerprint density at radius 2 is 0.782 bits per heavy atom. The van der Waals surface area contributed by atoms with Crippen molar-refractivity contribution in [2.75, 3.05) is 4.90 Å². The van der Waals surface area contributed by atoms with Gasteiger partial charge in [-0.3, -0.25) is 0 Å². The average Bonchev–Trinajstić information content (AvgIpc) is 3.84. The third-order valence-corrected chi connectivity index (χ3v) is 10.9. The van der Waals surface area contributed by atoms with E-state index in [1.54, 1.807) is 0 Å². The second-order valence-corrected chi connectivity index (χ2v) is 14.0. The van der Waals surface area contributed by atoms with E-state index >= 15 is 0 Å². The van der Waals surface area contributed by atoms with Gasteiger partial charge in [-0.05, 0) is 93.4 Å². The molecule has 55 heavy (non-hydrogen) atoms. The maximum atomic E-state index is 6.61. The molecule has 2 aromatic heterocycles. The van der Waals surface area contributed by atoms with Gasteiger partial charge < -0.3 is 13.7 Å². The highest BCUT2D eigenvalue weighted by Gasteiger charge is 2.23. The summed E-state index contributed by atoms with van der Waals surface area (Å²) < 4.78 is 13.0. The molecule has 0 saturated carbocycles. The summed E-state index contributed by atoms with van der Waals surface area (Å²) in [5, 5.41) is 6.67. The summed E-state index contributed by atoms with van der Waals surface area (Å²) in [6.07, 6.45) is 0. The summed E-state index contributed by atoms with van der Waals surface area (Å²) in [6.45, 7) is 0. The molecule has 0 fully saturated rings. The van der Waals surface area contributed by atoms with Crippen LogP contribution in [-0.4, -0.2) is 0 Å². The first-order chi connectivity index (χ1) is 27.3. The van der Waals surface area contributed by atoms with Gasteiger partial charge in [0.2, 0.25) is 0 Å². The van der Waals surface area contributed by atoms with Crippen molar-refractivity contribution >= 4 is 71.7 Å². The molecule has 2 heterocycles. The minimum Gasteiger partial charge on any atom is -0.456 e. The second kappa shape index (κ2) is 12.6. The summed E-state index contributed by atoms with van der Waals surface area (Å²) in [7, 11) is 0. The van der Waals surface area contributed by atoms with Crippen LogP contribution in [0.25, 0.3) is 88.0 Å². The molecule has 0 saturated heterocycles. The molecular formula is C52H33NO2. The molecule has 0 radical (unpaired) electrons. The van der Waals surface area contributed by atoms with E-state index in [1.807, 2.05) is 12.1 Å². The lowest BCUT2D eigenvalue weighted by molar-refractivity contribution is 0.668. The quantitative estimate of drug-likeness (QED) is 0.173. The highest BCUT2D eigenvalue weighted by atomic mass is 16.3. The average molecular weight is 704 g/mol. The van der Waals surface area contributed by atoms with Crippen LogP contribution in [0.3, 0.4) is 0 Å². The number of para-hydroxylation sites is 1. The molecule has 258 valence electrons. The Labute approximate surface area is 317 Å². The molecule has 3 nitrogen and oxygen atoms in total. The van der Waals surface area contributed by atoms with Crippen LogP contribution >= 0.6 is 0 Å². The number of hydrogen-bond donors (Lipinski definition) is 0. The van der Waals surface area contributed by atoms with Crippen LogP contribution < -0.4 is 4.90 Å². The van der Waals surface area contributed by atoms with Gasteiger partial charge in [-0.2, -0.15) is 0 Å². The largest absolute Gasteiger partial charge is 0.456 e. The molecule has 9 aromatic carbocycles. The number of anilines is 3. The summed E-state index contributed by atoms with van der Waals surface area (Å²) in [4.78, 5) is 2.39. The summed E-state index contributed by atoms with van der Waals surface area (Å²) >= 11 is 0. The predicted molar refractivity (Wildman–Crippen MR) is 229 cm³/mol. The van der Waals surface area contributed by atoms with Gasteiger partial charge in [0.05, 0.1) is 16.8 Å². The van der Waals surface area contributed by atoms with Gasteiger partial charge in [0.1, 0.15) is 22.3 Å². The smallest absolute Gasteiger partial charge is 0.137 e. The minimum absolute atomic E-state index is 0.857. The lowest BCUT2D eigenvalue weighted by Gasteiger charge is -2.28. The summed E-state index contributed by atoms with van der Waals surface area (Å²) in [6, 6.07) is 70.9. The molecule has 0 aliphatic carbocycles. The normalized spacial score (nSPS) is 11.6. The Bertz CT molecular complexity index is 3180. The molecule has 0 spiro atoms. The first-order valence-electron chi connectivity index (χ1n) is 18.7. The van der Waals surface area contributed by atoms with Crippen LogP contribution in [0.15, 0.2) is 209 Å². The molecule has 0 atom stereocenters. The van der Waals surface area contributed by atoms with E-state index in [0.29, 0.717) is 0 Å². The van der Waals surface area contributed by atoms with Crippen molar-refractivity contribution in [3.05, 3.63) is 200 Å². The molecule has 0 aliphatic heterocycles. The van der Waals surface area contributed by atoms with E-state index in [-0.39, 0.29) is 0 Å². The fourth-order valence-electron chi connectivity index (χ4n) is 8.35. The molecule has 11 aromatic rings. The van der Waals surface area contributed by atoms with Crippen molar-refractivity contribution in [3.8, 4) is 33.4 Å². The Hall–Kier alpha value is -7.36. The van der Waals surface area contributed by atoms with Crippen LogP contribution in [0.1, 0.15) is 0 Å². The minimum atomic E-state index is 0.857. The molecular weight excluding hydrogens is 671 g/mol. The van der Waals surface area contributed by atoms with E-state index in [9.17, 15) is 0 Å². The first kappa shape index (κ1) is 31.2. The van der Waals surface area contributed by atoms with Crippen molar-refractivity contribution in [1.29, 1.82) is 0 Å². The summed E-state index contributed by atoms with van der Waals surface area (Å²) in [5.74, 6) is 0. The van der Waals surface area contributed by atoms with Gasteiger partial charge >= 0.3 is 0 Å². The van der Waals surface area contributed by atoms with Crippen molar-refractivity contribution in [1.82, 2.24) is 0 Å². The zero-order valence-electron chi connectivity index (χ0n) is 29.8. The van der Waals surface area contributed by atoms with Crippen LogP contribution in [0, 0.1) is 0 Å². The maximum absolute atomic E-state index is 6.61. The van der Waals surface area contributed by atoms with Crippen molar-refractivity contribution < 1.29 is 8.83 Å². The molecule has 11 rings (SSSR count). The zero-order valence-corrected chi connectivity index (χ0v) is 29.8. The Morgan fingerprint density at radius 1 is 0.273 bits per heavy atom. The Kier molecular flexibility index (Phi) is 7.17. The van der Waals surface area contributed by atoms with Gasteiger partial charge in [-0.15, -0.1) is 0 Å². The van der Waals surface area contributed by atoms with Gasteiger partial charge in [0.15, 0.2) is 0 Å². The van der Waals surface area contributed by atoms with E-state index in [0.717, 1.165) is 82.8 Å². The lowest BCUT2D eigenvalue weighted by Crippen LogP contribution is -2.11. The fourth-order valence-corrected chi connectivity index (χ4v) is 8.35. The maximum Gasteiger partial charge on any atom is 0.137 e. The topological polar surface area (TPSA) is 29.5 Å². The molecule has 0 N–H and O–H groups in total. The van der Waals surface area contributed by atoms with Gasteiger partial charge in [-0.25, -0.2) is 0 Å². The standard InChI is InChI=1S/C52H33NO2/c1-3-12-34(13-4-1)36-24-26-38(27-25-36)40-17-10-22-48-51(40)52-42-18-9-19-44(41(42)32-33-49(52)55-48)53(39-30-28-37(29-31-39)35-14-5-2-6-15-35)45-20-11-23-47-50(45)43-16-7-8-21-46(43)54-47/h1-33H. The second-order valence-electron chi connectivity index (χ2n) is 14.0. The van der Waals surface area contributed by atoms with E-state index < -0.39 is 0 Å². The zero-order chi connectivity index (χ0) is 36.3. The summed E-state index contributed by atoms with van der Waals surface area (Å²) in [5.41, 5.74) is 13.7. The highest BCUT2D eigenvalue weighted by Crippen LogP contribution is 2.47. The number of benzene rings is 9. The lowest BCUT2D eigenvalue weighted by atomic mass is 9.94. The first-order valence-corrected chi connectivity index (χ1v) is 18.7. The third-order valence-electron chi connectivity index (χ3n) is 10.9. The number of rotatable bonds is 6. The van der Waals surface area contributed by atoms with Crippen LogP contribution in [-0.2, 0) is 0 Å². The SMILES string of the molecule is c1ccc(-c2ccc(-c3cccc4oc5ccc6c(N(c7ccc(-c8ccccc8)cc7)c7cccc8oc9ccccc9c78)cccc6c5c34)cc2)cc1. The van der Waals surface area contributed by atoms with Gasteiger partial charge in [-0.1, -0.05) is 146 Å². The highest BCUT2D eigenvalue weighted by molar-refractivity contribution is 6.25. The monoisotopic (exact) mass is 703 g/mol. The van der Waals surface area contributed by atoms with E-state index in [4.69, 9.17) is 8.83 Å². The van der Waals surface area contributed by atoms with Crippen LogP contribution in [0.5, 0.6) is 0 Å². The molecule has 3 heteroatoms. The number of hydrogen-bond acceptors (Lipinski definition) is 3. The van der Waals surface area contributed by atoms with Crippen molar-refractivity contribution in [2.45, 2.75) is 0 Å². The van der Waals surface area contributed by atoms with E-state index in [2.05, 4.69) is 193 Å². The van der Waals surface area contributed by atoms with Crippen molar-refractivity contribution in [2.24, 2.45) is 0 Å².